The molecule has 0 aliphatic rings. The second-order valence-corrected chi connectivity index (χ2v) is 5.13. The van der Waals surface area contributed by atoms with Crippen molar-refractivity contribution in [3.8, 4) is 0 Å². The van der Waals surface area contributed by atoms with E-state index in [0.29, 0.717) is 16.7 Å². The number of carboxylic acids is 1. The van der Waals surface area contributed by atoms with E-state index in [9.17, 15) is 9.59 Å². The highest BCUT2D eigenvalue weighted by Gasteiger charge is 2.08. The Balaban J connectivity index is 2.61. The van der Waals surface area contributed by atoms with Gasteiger partial charge < -0.3 is 20.6 Å². The fourth-order valence-corrected chi connectivity index (χ4v) is 1.85. The van der Waals surface area contributed by atoms with Crippen LogP contribution in [0.1, 0.15) is 10.4 Å². The van der Waals surface area contributed by atoms with Crippen molar-refractivity contribution in [2.24, 2.45) is 0 Å². The van der Waals surface area contributed by atoms with Crippen LogP contribution < -0.4 is 10.6 Å². The van der Waals surface area contributed by atoms with Gasteiger partial charge in [0.1, 0.15) is 0 Å². The fourth-order valence-electron chi connectivity index (χ4n) is 1.35. The van der Waals surface area contributed by atoms with Crippen LogP contribution in [0.5, 0.6) is 0 Å². The standard InChI is InChI=1S/C12H16BrN3O3/c1-16(2)4-3-14-12(19)15-10-6-8(11(17)18)5-9(13)7-10/h5-7H,3-4H2,1-2H3,(H,17,18)(H2,14,15,19). The summed E-state index contributed by atoms with van der Waals surface area (Å²) in [7, 11) is 3.82. The number of halogens is 1. The number of anilines is 1. The molecule has 1 rings (SSSR count). The van der Waals surface area contributed by atoms with Gasteiger partial charge in [0.15, 0.2) is 0 Å². The van der Waals surface area contributed by atoms with Crippen LogP contribution >= 0.6 is 15.9 Å². The largest absolute Gasteiger partial charge is 0.478 e. The van der Waals surface area contributed by atoms with E-state index in [-0.39, 0.29) is 11.6 Å². The van der Waals surface area contributed by atoms with Crippen molar-refractivity contribution in [2.45, 2.75) is 0 Å². The number of hydrogen-bond donors (Lipinski definition) is 3. The van der Waals surface area contributed by atoms with E-state index in [1.165, 1.54) is 12.1 Å². The van der Waals surface area contributed by atoms with Gasteiger partial charge in [0.2, 0.25) is 0 Å². The van der Waals surface area contributed by atoms with E-state index < -0.39 is 5.97 Å². The van der Waals surface area contributed by atoms with Crippen molar-refractivity contribution in [3.63, 3.8) is 0 Å². The van der Waals surface area contributed by atoms with Crippen LogP contribution in [-0.4, -0.2) is 49.2 Å². The summed E-state index contributed by atoms with van der Waals surface area (Å²) in [5.41, 5.74) is 0.534. The molecule has 0 unspecified atom stereocenters. The second kappa shape index (κ2) is 7.10. The number of carbonyl (C=O) groups excluding carboxylic acids is 1. The fraction of sp³-hybridized carbons (Fsp3) is 0.333. The molecule has 3 N–H and O–H groups in total. The number of urea groups is 1. The van der Waals surface area contributed by atoms with Crippen molar-refractivity contribution in [1.29, 1.82) is 0 Å². The van der Waals surface area contributed by atoms with Gasteiger partial charge in [-0.2, -0.15) is 0 Å². The molecule has 6 nitrogen and oxygen atoms in total. The molecular formula is C12H16BrN3O3. The molecule has 0 aliphatic heterocycles. The maximum absolute atomic E-state index is 11.6. The number of amides is 2. The van der Waals surface area contributed by atoms with Gasteiger partial charge >= 0.3 is 12.0 Å². The third-order valence-electron chi connectivity index (χ3n) is 2.25. The Bertz CT molecular complexity index is 477. The van der Waals surface area contributed by atoms with Crippen molar-refractivity contribution in [1.82, 2.24) is 10.2 Å². The van der Waals surface area contributed by atoms with Gasteiger partial charge in [-0.1, -0.05) is 15.9 Å². The Hall–Kier alpha value is -1.60. The highest BCUT2D eigenvalue weighted by atomic mass is 79.9. The summed E-state index contributed by atoms with van der Waals surface area (Å²) in [6.45, 7) is 1.24. The topological polar surface area (TPSA) is 81.7 Å². The molecular weight excluding hydrogens is 314 g/mol. The van der Waals surface area contributed by atoms with Gasteiger partial charge in [-0.25, -0.2) is 9.59 Å². The van der Waals surface area contributed by atoms with Crippen molar-refractivity contribution in [3.05, 3.63) is 28.2 Å². The molecule has 0 spiro atoms. The zero-order valence-electron chi connectivity index (χ0n) is 10.7. The number of benzene rings is 1. The maximum atomic E-state index is 11.6. The van der Waals surface area contributed by atoms with Crippen molar-refractivity contribution < 1.29 is 14.7 Å². The number of carbonyl (C=O) groups is 2. The number of aromatic carboxylic acids is 1. The Morgan fingerprint density at radius 2 is 2.00 bits per heavy atom. The van der Waals surface area contributed by atoms with Gasteiger partial charge in [0.05, 0.1) is 5.56 Å². The zero-order chi connectivity index (χ0) is 14.4. The molecule has 7 heteroatoms. The van der Waals surface area contributed by atoms with Gasteiger partial charge in [-0.15, -0.1) is 0 Å². The zero-order valence-corrected chi connectivity index (χ0v) is 12.3. The first-order valence-corrected chi connectivity index (χ1v) is 6.41. The predicted molar refractivity (Wildman–Crippen MR) is 76.7 cm³/mol. The smallest absolute Gasteiger partial charge is 0.335 e. The average Bonchev–Trinajstić information content (AvgIpc) is 2.27. The number of likely N-dealkylation sites (N-methyl/N-ethyl adjacent to an activating group) is 1. The van der Waals surface area contributed by atoms with Gasteiger partial charge in [-0.05, 0) is 32.3 Å². The molecule has 0 aromatic heterocycles. The Labute approximate surface area is 119 Å². The normalized spacial score (nSPS) is 10.3. The molecule has 0 atom stereocenters. The predicted octanol–water partition coefficient (Wildman–Crippen LogP) is 1.83. The maximum Gasteiger partial charge on any atom is 0.335 e. The van der Waals surface area contributed by atoms with Crippen LogP contribution in [0.2, 0.25) is 0 Å². The monoisotopic (exact) mass is 329 g/mol. The van der Waals surface area contributed by atoms with Crippen molar-refractivity contribution in [2.75, 3.05) is 32.5 Å². The van der Waals surface area contributed by atoms with E-state index in [1.54, 1.807) is 6.07 Å². The molecule has 0 fully saturated rings. The first-order chi connectivity index (χ1) is 8.88. The van der Waals surface area contributed by atoms with Crippen LogP contribution in [0.4, 0.5) is 10.5 Å². The molecule has 1 aromatic rings. The molecule has 0 radical (unpaired) electrons. The summed E-state index contributed by atoms with van der Waals surface area (Å²) >= 11 is 3.20. The summed E-state index contributed by atoms with van der Waals surface area (Å²) in [6, 6.07) is 4.14. The SMILES string of the molecule is CN(C)CCNC(=O)Nc1cc(Br)cc(C(=O)O)c1. The molecule has 1 aromatic carbocycles. The third kappa shape index (κ3) is 5.71. The van der Waals surface area contributed by atoms with Crippen LogP contribution in [0.15, 0.2) is 22.7 Å². The minimum absolute atomic E-state index is 0.109. The van der Waals surface area contributed by atoms with Gasteiger partial charge in [0.25, 0.3) is 0 Å². The number of carboxylic acid groups (broad SMARTS) is 1. The second-order valence-electron chi connectivity index (χ2n) is 4.22. The summed E-state index contributed by atoms with van der Waals surface area (Å²) in [4.78, 5) is 24.4. The highest BCUT2D eigenvalue weighted by molar-refractivity contribution is 9.10. The average molecular weight is 330 g/mol. The molecule has 0 saturated carbocycles. The van der Waals surface area contributed by atoms with Crippen LogP contribution in [-0.2, 0) is 0 Å². The van der Waals surface area contributed by atoms with Crippen LogP contribution in [0.25, 0.3) is 0 Å². The molecule has 0 aliphatic carbocycles. The lowest BCUT2D eigenvalue weighted by Gasteiger charge is -2.11. The Morgan fingerprint density at radius 1 is 1.32 bits per heavy atom. The van der Waals surface area contributed by atoms with Crippen molar-refractivity contribution >= 4 is 33.6 Å². The number of rotatable bonds is 5. The third-order valence-corrected chi connectivity index (χ3v) is 2.71. The lowest BCUT2D eigenvalue weighted by molar-refractivity contribution is 0.0697. The van der Waals surface area contributed by atoms with E-state index in [2.05, 4.69) is 26.6 Å². The molecule has 104 valence electrons. The lowest BCUT2D eigenvalue weighted by Crippen LogP contribution is -2.34. The molecule has 2 amide bonds. The quantitative estimate of drug-likeness (QED) is 0.769. The van der Waals surface area contributed by atoms with E-state index in [4.69, 9.17) is 5.11 Å². The van der Waals surface area contributed by atoms with E-state index in [1.807, 2.05) is 19.0 Å². The summed E-state index contributed by atoms with van der Waals surface area (Å²) < 4.78 is 0.594. The highest BCUT2D eigenvalue weighted by Crippen LogP contribution is 2.19. The summed E-state index contributed by atoms with van der Waals surface area (Å²) in [5.74, 6) is -1.04. The lowest BCUT2D eigenvalue weighted by atomic mass is 10.2. The molecule has 0 saturated heterocycles. The minimum Gasteiger partial charge on any atom is -0.478 e. The van der Waals surface area contributed by atoms with Gasteiger partial charge in [-0.3, -0.25) is 0 Å². The van der Waals surface area contributed by atoms with Gasteiger partial charge in [0, 0.05) is 23.2 Å². The van der Waals surface area contributed by atoms with E-state index in [0.717, 1.165) is 6.54 Å². The summed E-state index contributed by atoms with van der Waals surface area (Å²) in [6.07, 6.45) is 0. The molecule has 0 heterocycles. The Kier molecular flexibility index (Phi) is 5.78. The molecule has 19 heavy (non-hydrogen) atoms. The van der Waals surface area contributed by atoms with E-state index >= 15 is 0 Å². The van der Waals surface area contributed by atoms with Crippen LogP contribution in [0, 0.1) is 0 Å². The number of nitrogens with zero attached hydrogens (tertiary/aromatic N) is 1. The number of nitrogens with one attached hydrogen (secondary N) is 2. The first kappa shape index (κ1) is 15.5. The van der Waals surface area contributed by atoms with Crippen LogP contribution in [0.3, 0.4) is 0 Å². The Morgan fingerprint density at radius 3 is 2.58 bits per heavy atom. The summed E-state index contributed by atoms with van der Waals surface area (Å²) in [5, 5.41) is 14.2. The first-order valence-electron chi connectivity index (χ1n) is 5.62. The molecule has 0 bridgehead atoms. The number of hydrogen-bond acceptors (Lipinski definition) is 3. The minimum atomic E-state index is -1.04.